The van der Waals surface area contributed by atoms with Crippen molar-refractivity contribution in [1.29, 1.82) is 0 Å². The molecule has 1 aromatic carbocycles. The van der Waals surface area contributed by atoms with E-state index < -0.39 is 28.0 Å². The Morgan fingerprint density at radius 2 is 1.90 bits per heavy atom. The van der Waals surface area contributed by atoms with Crippen LogP contribution in [0.15, 0.2) is 30.3 Å². The van der Waals surface area contributed by atoms with Crippen LogP contribution in [0.2, 0.25) is 0 Å². The fourth-order valence-corrected chi connectivity index (χ4v) is 4.42. The van der Waals surface area contributed by atoms with Gasteiger partial charge >= 0.3 is 5.97 Å². The highest BCUT2D eigenvalue weighted by Gasteiger charge is 2.40. The molecule has 21 heavy (non-hydrogen) atoms. The fourth-order valence-electron chi connectivity index (χ4n) is 2.61. The lowest BCUT2D eigenvalue weighted by Crippen LogP contribution is -2.44. The minimum Gasteiger partial charge on any atom is -0.481 e. The number of sulfone groups is 1. The predicted molar refractivity (Wildman–Crippen MR) is 79.1 cm³/mol. The quantitative estimate of drug-likeness (QED) is 0.795. The van der Waals surface area contributed by atoms with Gasteiger partial charge in [0.15, 0.2) is 9.84 Å². The van der Waals surface area contributed by atoms with Gasteiger partial charge in [-0.2, -0.15) is 0 Å². The Morgan fingerprint density at radius 3 is 2.43 bits per heavy atom. The number of aliphatic carboxylic acids is 1. The van der Waals surface area contributed by atoms with Crippen molar-refractivity contribution in [3.05, 3.63) is 30.3 Å². The van der Waals surface area contributed by atoms with Crippen LogP contribution in [0.3, 0.4) is 0 Å². The summed E-state index contributed by atoms with van der Waals surface area (Å²) in [6.45, 7) is 0.396. The number of rotatable bonds is 6. The average molecular weight is 313 g/mol. The molecule has 0 aliphatic carbocycles. The second-order valence-corrected chi connectivity index (χ2v) is 7.39. The number of aliphatic hydroxyl groups is 1. The van der Waals surface area contributed by atoms with Crippen LogP contribution >= 0.6 is 0 Å². The fraction of sp³-hybridized carbons (Fsp3) is 0.500. The van der Waals surface area contributed by atoms with E-state index >= 15 is 0 Å². The Labute approximate surface area is 123 Å². The lowest BCUT2D eigenvalue weighted by atomic mass is 10.1. The molecule has 2 atom stereocenters. The van der Waals surface area contributed by atoms with Gasteiger partial charge in [-0.1, -0.05) is 18.2 Å². The molecule has 6 nitrogen and oxygen atoms in total. The zero-order valence-electron chi connectivity index (χ0n) is 11.6. The Kier molecular flexibility index (Phi) is 4.84. The van der Waals surface area contributed by atoms with E-state index in [0.717, 1.165) is 5.69 Å². The molecule has 2 N–H and O–H groups in total. The molecule has 2 unspecified atom stereocenters. The first-order chi connectivity index (χ1) is 9.89. The van der Waals surface area contributed by atoms with Crippen LogP contribution in [0.5, 0.6) is 0 Å². The van der Waals surface area contributed by atoms with Crippen LogP contribution < -0.4 is 4.90 Å². The number of benzene rings is 1. The Hall–Kier alpha value is -1.60. The van der Waals surface area contributed by atoms with Crippen molar-refractivity contribution in [2.75, 3.05) is 23.0 Å². The van der Waals surface area contributed by atoms with Crippen LogP contribution in [0.25, 0.3) is 0 Å². The second kappa shape index (κ2) is 6.44. The molecule has 0 amide bonds. The summed E-state index contributed by atoms with van der Waals surface area (Å²) in [5.74, 6) is -1.22. The van der Waals surface area contributed by atoms with Gasteiger partial charge in [0.2, 0.25) is 0 Å². The van der Waals surface area contributed by atoms with Crippen molar-refractivity contribution in [1.82, 2.24) is 0 Å². The lowest BCUT2D eigenvalue weighted by Gasteiger charge is -2.32. The third-order valence-electron chi connectivity index (χ3n) is 3.57. The third-order valence-corrected chi connectivity index (χ3v) is 5.27. The molecule has 1 heterocycles. The Bertz CT molecular complexity index is 587. The number of para-hydroxylation sites is 1. The summed E-state index contributed by atoms with van der Waals surface area (Å²) in [6.07, 6.45) is -0.535. The zero-order chi connectivity index (χ0) is 15.5. The summed E-state index contributed by atoms with van der Waals surface area (Å²) in [6, 6.07) is 8.65. The molecule has 2 rings (SSSR count). The highest BCUT2D eigenvalue weighted by Crippen LogP contribution is 2.25. The van der Waals surface area contributed by atoms with Gasteiger partial charge in [-0.3, -0.25) is 4.79 Å². The number of carbonyl (C=O) groups is 1. The standard InChI is InChI=1S/C14H19NO5S/c16-13-10-21(19,20)9-12(13)15(8-4-7-14(17)18)11-5-2-1-3-6-11/h1-3,5-6,12-13,16H,4,7-10H2,(H,17,18). The summed E-state index contributed by atoms with van der Waals surface area (Å²) in [5.41, 5.74) is 0.795. The second-order valence-electron chi connectivity index (χ2n) is 5.24. The highest BCUT2D eigenvalue weighted by atomic mass is 32.2. The molecule has 1 fully saturated rings. The molecule has 0 bridgehead atoms. The average Bonchev–Trinajstić information content (AvgIpc) is 2.68. The molecule has 116 valence electrons. The van der Waals surface area contributed by atoms with Gasteiger partial charge < -0.3 is 15.1 Å². The maximum atomic E-state index is 11.7. The first-order valence-corrected chi connectivity index (χ1v) is 8.63. The van der Waals surface area contributed by atoms with E-state index in [-0.39, 0.29) is 17.9 Å². The van der Waals surface area contributed by atoms with Gasteiger partial charge in [0.1, 0.15) is 0 Å². The van der Waals surface area contributed by atoms with Crippen LogP contribution in [0.1, 0.15) is 12.8 Å². The first kappa shape index (κ1) is 15.8. The maximum Gasteiger partial charge on any atom is 0.303 e. The molecule has 1 aliphatic heterocycles. The first-order valence-electron chi connectivity index (χ1n) is 6.81. The molecule has 0 radical (unpaired) electrons. The SMILES string of the molecule is O=C(O)CCCN(c1ccccc1)C1CS(=O)(=O)CC1O. The van der Waals surface area contributed by atoms with E-state index in [4.69, 9.17) is 5.11 Å². The van der Waals surface area contributed by atoms with E-state index in [1.165, 1.54) is 0 Å². The van der Waals surface area contributed by atoms with E-state index in [9.17, 15) is 18.3 Å². The van der Waals surface area contributed by atoms with Crippen molar-refractivity contribution in [2.24, 2.45) is 0 Å². The van der Waals surface area contributed by atoms with E-state index in [0.29, 0.717) is 13.0 Å². The smallest absolute Gasteiger partial charge is 0.303 e. The Morgan fingerprint density at radius 1 is 1.24 bits per heavy atom. The van der Waals surface area contributed by atoms with Gasteiger partial charge in [-0.15, -0.1) is 0 Å². The minimum absolute atomic E-state index is 0.0128. The van der Waals surface area contributed by atoms with Crippen LogP contribution in [-0.4, -0.2) is 54.8 Å². The number of nitrogens with zero attached hydrogens (tertiary/aromatic N) is 1. The van der Waals surface area contributed by atoms with Crippen molar-refractivity contribution in [3.63, 3.8) is 0 Å². The van der Waals surface area contributed by atoms with E-state index in [2.05, 4.69) is 0 Å². The van der Waals surface area contributed by atoms with Crippen molar-refractivity contribution in [2.45, 2.75) is 25.0 Å². The Balaban J connectivity index is 2.18. The molecule has 1 aliphatic rings. The summed E-state index contributed by atoms with van der Waals surface area (Å²) >= 11 is 0. The van der Waals surface area contributed by atoms with Crippen LogP contribution in [0.4, 0.5) is 5.69 Å². The van der Waals surface area contributed by atoms with Gasteiger partial charge in [0.25, 0.3) is 0 Å². The van der Waals surface area contributed by atoms with Crippen LogP contribution in [0, 0.1) is 0 Å². The predicted octanol–water partition coefficient (Wildman–Crippen LogP) is 0.516. The number of carboxylic acid groups (broad SMARTS) is 1. The summed E-state index contributed by atoms with van der Waals surface area (Å²) in [4.78, 5) is 12.4. The minimum atomic E-state index is -3.25. The summed E-state index contributed by atoms with van der Waals surface area (Å²) in [7, 11) is -3.25. The number of hydrogen-bond donors (Lipinski definition) is 2. The number of hydrogen-bond acceptors (Lipinski definition) is 5. The van der Waals surface area contributed by atoms with Gasteiger partial charge in [-0.25, -0.2) is 8.42 Å². The maximum absolute atomic E-state index is 11.7. The number of carboxylic acids is 1. The summed E-state index contributed by atoms with van der Waals surface area (Å²) < 4.78 is 23.4. The molecular weight excluding hydrogens is 294 g/mol. The van der Waals surface area contributed by atoms with Crippen LogP contribution in [-0.2, 0) is 14.6 Å². The van der Waals surface area contributed by atoms with Gasteiger partial charge in [0.05, 0.1) is 23.7 Å². The third kappa shape index (κ3) is 4.18. The van der Waals surface area contributed by atoms with E-state index in [1.807, 2.05) is 30.3 Å². The number of anilines is 1. The number of aliphatic hydroxyl groups excluding tert-OH is 1. The van der Waals surface area contributed by atoms with E-state index in [1.54, 1.807) is 4.90 Å². The highest BCUT2D eigenvalue weighted by molar-refractivity contribution is 7.91. The van der Waals surface area contributed by atoms with Crippen molar-refractivity contribution < 1.29 is 23.4 Å². The monoisotopic (exact) mass is 313 g/mol. The largest absolute Gasteiger partial charge is 0.481 e. The molecule has 0 spiro atoms. The zero-order valence-corrected chi connectivity index (χ0v) is 12.4. The van der Waals surface area contributed by atoms with Gasteiger partial charge in [-0.05, 0) is 18.6 Å². The molecule has 1 saturated heterocycles. The normalized spacial score (nSPS) is 23.9. The molecular formula is C14H19NO5S. The summed E-state index contributed by atoms with van der Waals surface area (Å²) in [5, 5.41) is 18.8. The molecule has 7 heteroatoms. The molecule has 1 aromatic rings. The molecule has 0 saturated carbocycles. The molecule has 0 aromatic heterocycles. The topological polar surface area (TPSA) is 94.9 Å². The van der Waals surface area contributed by atoms with Crippen molar-refractivity contribution >= 4 is 21.5 Å². The van der Waals surface area contributed by atoms with Crippen molar-refractivity contribution in [3.8, 4) is 0 Å². The van der Waals surface area contributed by atoms with Gasteiger partial charge in [0, 0.05) is 18.7 Å². The lowest BCUT2D eigenvalue weighted by molar-refractivity contribution is -0.137.